The Bertz CT molecular complexity index is 146. The molecule has 0 N–H and O–H groups in total. The van der Waals surface area contributed by atoms with Crippen LogP contribution in [0.5, 0.6) is 0 Å². The smallest absolute Gasteiger partial charge is 0.0176 e. The molecule has 0 spiro atoms. The highest BCUT2D eigenvalue weighted by molar-refractivity contribution is 6.30. The largest absolute Gasteiger partial charge is 0.0892 e. The molecule has 1 saturated carbocycles. The van der Waals surface area contributed by atoms with E-state index in [9.17, 15) is 0 Å². The van der Waals surface area contributed by atoms with Crippen LogP contribution in [0.1, 0.15) is 25.7 Å². The molecule has 0 amide bonds. The molecule has 1 fully saturated rings. The minimum absolute atomic E-state index is 0.927. The summed E-state index contributed by atoms with van der Waals surface area (Å²) in [7, 11) is 0. The van der Waals surface area contributed by atoms with Crippen molar-refractivity contribution in [3.63, 3.8) is 0 Å². The maximum absolute atomic E-state index is 5.89. The van der Waals surface area contributed by atoms with E-state index in [0.29, 0.717) is 0 Å². The fourth-order valence-electron chi connectivity index (χ4n) is 1.48. The van der Waals surface area contributed by atoms with E-state index in [2.05, 4.69) is 0 Å². The zero-order chi connectivity index (χ0) is 5.56. The molecule has 0 bridgehead atoms. The van der Waals surface area contributed by atoms with Crippen LogP contribution < -0.4 is 0 Å². The van der Waals surface area contributed by atoms with E-state index in [-0.39, 0.29) is 0 Å². The molecule has 0 unspecified atom stereocenters. The van der Waals surface area contributed by atoms with Gasteiger partial charge in [0.25, 0.3) is 0 Å². The highest BCUT2D eigenvalue weighted by atomic mass is 35.5. The van der Waals surface area contributed by atoms with Crippen LogP contribution in [0.2, 0.25) is 0 Å². The van der Waals surface area contributed by atoms with Gasteiger partial charge in [-0.15, -0.1) is 0 Å². The van der Waals surface area contributed by atoms with Gasteiger partial charge in [-0.25, -0.2) is 0 Å². The number of hydrogen-bond acceptors (Lipinski definition) is 0. The van der Waals surface area contributed by atoms with Crippen molar-refractivity contribution in [1.29, 1.82) is 0 Å². The standard InChI is InChI=1S/C7H9Cl/c8-7-3-1-2-5-4-6(5)7/h5H,1-4H2/t5-/m1/s1. The third-order valence-electron chi connectivity index (χ3n) is 2.10. The predicted octanol–water partition coefficient (Wildman–Crippen LogP) is 2.68. The number of fused-ring (bicyclic) bond motifs is 1. The highest BCUT2D eigenvalue weighted by Crippen LogP contribution is 2.49. The van der Waals surface area contributed by atoms with Gasteiger partial charge in [0.2, 0.25) is 0 Å². The van der Waals surface area contributed by atoms with Crippen LogP contribution in [0.3, 0.4) is 0 Å². The SMILES string of the molecule is ClC1=C2C[C@H]2CCC1. The van der Waals surface area contributed by atoms with Crippen LogP contribution in [0.25, 0.3) is 0 Å². The molecule has 2 rings (SSSR count). The molecule has 0 aromatic heterocycles. The van der Waals surface area contributed by atoms with E-state index >= 15 is 0 Å². The third-order valence-corrected chi connectivity index (χ3v) is 2.53. The lowest BCUT2D eigenvalue weighted by Gasteiger charge is -2.02. The van der Waals surface area contributed by atoms with Crippen LogP contribution >= 0.6 is 11.6 Å². The van der Waals surface area contributed by atoms with E-state index in [0.717, 1.165) is 12.3 Å². The average molecular weight is 129 g/mol. The number of allylic oxidation sites excluding steroid dienone is 2. The molecule has 0 nitrogen and oxygen atoms in total. The molecule has 2 aliphatic carbocycles. The second-order valence-electron chi connectivity index (χ2n) is 2.72. The van der Waals surface area contributed by atoms with Crippen molar-refractivity contribution in [3.8, 4) is 0 Å². The topological polar surface area (TPSA) is 0 Å². The fraction of sp³-hybridized carbons (Fsp3) is 0.714. The number of rotatable bonds is 0. The van der Waals surface area contributed by atoms with Crippen molar-refractivity contribution in [1.82, 2.24) is 0 Å². The minimum Gasteiger partial charge on any atom is -0.0892 e. The van der Waals surface area contributed by atoms with Crippen molar-refractivity contribution in [3.05, 3.63) is 10.6 Å². The summed E-state index contributed by atoms with van der Waals surface area (Å²) >= 11 is 5.89. The molecule has 0 heterocycles. The van der Waals surface area contributed by atoms with Crippen molar-refractivity contribution in [2.24, 2.45) is 5.92 Å². The first kappa shape index (κ1) is 4.87. The molecule has 1 heteroatoms. The van der Waals surface area contributed by atoms with Crippen molar-refractivity contribution < 1.29 is 0 Å². The van der Waals surface area contributed by atoms with Crippen LogP contribution in [0.15, 0.2) is 10.6 Å². The van der Waals surface area contributed by atoms with Gasteiger partial charge in [-0.2, -0.15) is 0 Å². The van der Waals surface area contributed by atoms with Gasteiger partial charge in [-0.3, -0.25) is 0 Å². The van der Waals surface area contributed by atoms with Crippen LogP contribution in [0, 0.1) is 5.92 Å². The van der Waals surface area contributed by atoms with Gasteiger partial charge in [0.1, 0.15) is 0 Å². The molecule has 1 atom stereocenters. The fourth-order valence-corrected chi connectivity index (χ4v) is 1.84. The lowest BCUT2D eigenvalue weighted by atomic mass is 10.1. The quantitative estimate of drug-likeness (QED) is 0.471. The summed E-state index contributed by atoms with van der Waals surface area (Å²) in [6, 6.07) is 0. The first-order valence-corrected chi connectivity index (χ1v) is 3.63. The Hall–Kier alpha value is 0.0300. The molecular formula is C7H9Cl. The van der Waals surface area contributed by atoms with Crippen LogP contribution in [-0.4, -0.2) is 0 Å². The van der Waals surface area contributed by atoms with E-state index in [1.165, 1.54) is 24.3 Å². The van der Waals surface area contributed by atoms with Crippen molar-refractivity contribution in [2.75, 3.05) is 0 Å². The lowest BCUT2D eigenvalue weighted by Crippen LogP contribution is -1.85. The number of halogens is 1. The molecule has 0 saturated heterocycles. The normalized spacial score (nSPS) is 34.9. The van der Waals surface area contributed by atoms with Gasteiger partial charge in [0, 0.05) is 5.03 Å². The molecule has 0 aromatic rings. The molecule has 44 valence electrons. The maximum Gasteiger partial charge on any atom is 0.0176 e. The van der Waals surface area contributed by atoms with E-state index in [4.69, 9.17) is 11.6 Å². The Morgan fingerprint density at radius 2 is 2.38 bits per heavy atom. The average Bonchev–Trinajstić information content (AvgIpc) is 2.45. The summed E-state index contributed by atoms with van der Waals surface area (Å²) in [6.07, 6.45) is 5.21. The summed E-state index contributed by atoms with van der Waals surface area (Å²) in [5.74, 6) is 0.927. The Morgan fingerprint density at radius 3 is 3.00 bits per heavy atom. The summed E-state index contributed by atoms with van der Waals surface area (Å²) in [6.45, 7) is 0. The maximum atomic E-state index is 5.89. The van der Waals surface area contributed by atoms with Crippen molar-refractivity contribution >= 4 is 11.6 Å². The second kappa shape index (κ2) is 1.51. The molecule has 8 heavy (non-hydrogen) atoms. The lowest BCUT2D eigenvalue weighted by molar-refractivity contribution is 0.667. The third kappa shape index (κ3) is 0.594. The van der Waals surface area contributed by atoms with E-state index in [1.807, 2.05) is 0 Å². The second-order valence-corrected chi connectivity index (χ2v) is 3.18. The van der Waals surface area contributed by atoms with Gasteiger partial charge in [-0.1, -0.05) is 17.2 Å². The zero-order valence-electron chi connectivity index (χ0n) is 4.78. The monoisotopic (exact) mass is 128 g/mol. The van der Waals surface area contributed by atoms with E-state index in [1.54, 1.807) is 5.57 Å². The van der Waals surface area contributed by atoms with Crippen LogP contribution in [0.4, 0.5) is 0 Å². The van der Waals surface area contributed by atoms with Gasteiger partial charge in [-0.05, 0) is 31.6 Å². The first-order valence-electron chi connectivity index (χ1n) is 3.25. The highest BCUT2D eigenvalue weighted by Gasteiger charge is 2.34. The first-order chi connectivity index (χ1) is 3.88. The van der Waals surface area contributed by atoms with Gasteiger partial charge in [0.15, 0.2) is 0 Å². The Balaban J connectivity index is 2.25. The van der Waals surface area contributed by atoms with Gasteiger partial charge >= 0.3 is 0 Å². The molecule has 0 aliphatic heterocycles. The Morgan fingerprint density at radius 1 is 1.50 bits per heavy atom. The Labute approximate surface area is 54.5 Å². The van der Waals surface area contributed by atoms with E-state index < -0.39 is 0 Å². The minimum atomic E-state index is 0.927. The summed E-state index contributed by atoms with van der Waals surface area (Å²) in [5, 5.41) is 1.18. The zero-order valence-corrected chi connectivity index (χ0v) is 5.54. The number of hydrogen-bond donors (Lipinski definition) is 0. The molecule has 2 aliphatic rings. The summed E-state index contributed by atoms with van der Waals surface area (Å²) in [5.41, 5.74) is 1.57. The summed E-state index contributed by atoms with van der Waals surface area (Å²) < 4.78 is 0. The molecule has 0 radical (unpaired) electrons. The van der Waals surface area contributed by atoms with Crippen molar-refractivity contribution in [2.45, 2.75) is 25.7 Å². The molecular weight excluding hydrogens is 120 g/mol. The van der Waals surface area contributed by atoms with Crippen LogP contribution in [-0.2, 0) is 0 Å². The molecule has 0 aromatic carbocycles. The predicted molar refractivity (Wildman–Crippen MR) is 34.8 cm³/mol. The van der Waals surface area contributed by atoms with Gasteiger partial charge in [0.05, 0.1) is 0 Å². The van der Waals surface area contributed by atoms with Gasteiger partial charge < -0.3 is 0 Å². The Kier molecular flexibility index (Phi) is 0.916. The summed E-state index contributed by atoms with van der Waals surface area (Å²) in [4.78, 5) is 0.